The summed E-state index contributed by atoms with van der Waals surface area (Å²) in [6, 6.07) is 22.3. The standard InChI is InChI=1S/C39H46ClN5O6S2/c1-25(2)21-43(53(50,51)30-15-16-31(40)32(41)20-30)23-34(46)33(19-27-10-6-5-7-11-27)42-38(48)37(26(3)4)45-24-36(47)44(39(45)49)22-28-12-8-13-29(18-28)35-14-9-17-52-35/h5-18,20,25-26,33-34,37,46H,19,21-24,41H2,1-4H3,(H,42,48)/t33-,34+,37-/m0/s1. The number of nitrogens with zero attached hydrogens (tertiary/aromatic N) is 3. The second-order valence-corrected chi connectivity index (χ2v) is 17.3. The van der Waals surface area contributed by atoms with Crippen LogP contribution in [0, 0.1) is 11.8 Å². The first-order valence-electron chi connectivity index (χ1n) is 17.5. The molecule has 282 valence electrons. The molecular weight excluding hydrogens is 734 g/mol. The van der Waals surface area contributed by atoms with Gasteiger partial charge in [-0.05, 0) is 70.7 Å². The number of carbonyl (C=O) groups excluding carboxylic acids is 3. The van der Waals surface area contributed by atoms with Crippen molar-refractivity contribution in [2.45, 2.75) is 63.7 Å². The highest BCUT2D eigenvalue weighted by atomic mass is 35.5. The SMILES string of the molecule is CC(C)CN(C[C@@H](O)[C@H](Cc1ccccc1)NC(=O)[C@H](C(C)C)N1CC(=O)N(Cc2cccc(-c3cccs3)c2)C1=O)S(=O)(=O)c1ccc(Cl)c(N)c1. The van der Waals surface area contributed by atoms with Crippen LogP contribution in [0.4, 0.5) is 10.5 Å². The van der Waals surface area contributed by atoms with E-state index < -0.39 is 52.0 Å². The summed E-state index contributed by atoms with van der Waals surface area (Å²) in [5.74, 6) is -1.50. The van der Waals surface area contributed by atoms with Gasteiger partial charge in [-0.2, -0.15) is 4.31 Å². The Bertz CT molecular complexity index is 2010. The Balaban J connectivity index is 1.38. The van der Waals surface area contributed by atoms with Crippen molar-refractivity contribution >= 4 is 56.5 Å². The lowest BCUT2D eigenvalue weighted by Crippen LogP contribution is -2.57. The third-order valence-corrected chi connectivity index (χ3v) is 12.1. The molecule has 0 radical (unpaired) electrons. The molecule has 0 bridgehead atoms. The minimum absolute atomic E-state index is 0.0502. The molecule has 5 rings (SSSR count). The first kappa shape index (κ1) is 39.9. The minimum atomic E-state index is -4.14. The molecule has 11 nitrogen and oxygen atoms in total. The predicted molar refractivity (Wildman–Crippen MR) is 209 cm³/mol. The van der Waals surface area contributed by atoms with Crippen molar-refractivity contribution in [2.75, 3.05) is 25.4 Å². The summed E-state index contributed by atoms with van der Waals surface area (Å²) in [5, 5.41) is 16.9. The maximum Gasteiger partial charge on any atom is 0.328 e. The largest absolute Gasteiger partial charge is 0.397 e. The molecule has 1 fully saturated rings. The average Bonchev–Trinajstić information content (AvgIpc) is 3.74. The van der Waals surface area contributed by atoms with Crippen molar-refractivity contribution in [1.29, 1.82) is 0 Å². The Labute approximate surface area is 320 Å². The van der Waals surface area contributed by atoms with E-state index in [-0.39, 0.29) is 54.1 Å². The van der Waals surface area contributed by atoms with Gasteiger partial charge in [0.15, 0.2) is 0 Å². The summed E-state index contributed by atoms with van der Waals surface area (Å²) in [7, 11) is -4.14. The third-order valence-electron chi connectivity index (χ3n) is 9.05. The van der Waals surface area contributed by atoms with Crippen LogP contribution in [0.3, 0.4) is 0 Å². The molecule has 0 aliphatic carbocycles. The van der Waals surface area contributed by atoms with Crippen LogP contribution in [0.5, 0.6) is 0 Å². The Hall–Kier alpha value is -4.27. The van der Waals surface area contributed by atoms with E-state index in [2.05, 4.69) is 5.32 Å². The van der Waals surface area contributed by atoms with Gasteiger partial charge < -0.3 is 21.1 Å². The monoisotopic (exact) mass is 779 g/mol. The number of rotatable bonds is 16. The zero-order valence-electron chi connectivity index (χ0n) is 30.2. The van der Waals surface area contributed by atoms with E-state index in [0.717, 1.165) is 26.5 Å². The Kier molecular flexibility index (Phi) is 13.0. The number of thiophene rings is 1. The number of hydrogen-bond donors (Lipinski definition) is 3. The summed E-state index contributed by atoms with van der Waals surface area (Å²) in [5.41, 5.74) is 8.60. The molecule has 1 aliphatic rings. The van der Waals surface area contributed by atoms with Crippen LogP contribution in [-0.2, 0) is 32.6 Å². The van der Waals surface area contributed by atoms with Crippen LogP contribution in [-0.4, -0.2) is 83.3 Å². The summed E-state index contributed by atoms with van der Waals surface area (Å²) in [4.78, 5) is 44.8. The number of benzene rings is 3. The molecule has 4 N–H and O–H groups in total. The highest BCUT2D eigenvalue weighted by molar-refractivity contribution is 7.89. The van der Waals surface area contributed by atoms with Crippen LogP contribution in [0.2, 0.25) is 5.02 Å². The summed E-state index contributed by atoms with van der Waals surface area (Å²) in [6.07, 6.45) is -1.20. The van der Waals surface area contributed by atoms with Gasteiger partial charge in [0, 0.05) is 18.0 Å². The Morgan fingerprint density at radius 3 is 2.32 bits per heavy atom. The number of aliphatic hydroxyl groups excluding tert-OH is 1. The zero-order valence-corrected chi connectivity index (χ0v) is 32.6. The number of hydrogen-bond acceptors (Lipinski definition) is 8. The summed E-state index contributed by atoms with van der Waals surface area (Å²) >= 11 is 7.66. The highest BCUT2D eigenvalue weighted by Gasteiger charge is 2.44. The molecule has 14 heteroatoms. The van der Waals surface area contributed by atoms with Gasteiger partial charge in [0.1, 0.15) is 12.6 Å². The molecule has 0 spiro atoms. The van der Waals surface area contributed by atoms with Crippen molar-refractivity contribution in [3.05, 3.63) is 106 Å². The van der Waals surface area contributed by atoms with Crippen LogP contribution < -0.4 is 11.1 Å². The quantitative estimate of drug-likeness (QED) is 0.0950. The second kappa shape index (κ2) is 17.3. The molecule has 3 aromatic carbocycles. The van der Waals surface area contributed by atoms with E-state index in [1.54, 1.807) is 25.2 Å². The number of sulfonamides is 1. The van der Waals surface area contributed by atoms with Crippen LogP contribution in [0.25, 0.3) is 10.4 Å². The lowest BCUT2D eigenvalue weighted by Gasteiger charge is -2.34. The second-order valence-electron chi connectivity index (χ2n) is 14.0. The predicted octanol–water partition coefficient (Wildman–Crippen LogP) is 5.87. The smallest absolute Gasteiger partial charge is 0.328 e. The van der Waals surface area contributed by atoms with Crippen LogP contribution in [0.15, 0.2) is 95.2 Å². The van der Waals surface area contributed by atoms with Gasteiger partial charge in [-0.25, -0.2) is 13.2 Å². The molecule has 0 saturated carbocycles. The molecular formula is C39H46ClN5O6S2. The Morgan fingerprint density at radius 2 is 1.68 bits per heavy atom. The number of aliphatic hydroxyl groups is 1. The van der Waals surface area contributed by atoms with E-state index in [0.29, 0.717) is 0 Å². The number of carbonyl (C=O) groups is 3. The first-order chi connectivity index (χ1) is 25.1. The summed E-state index contributed by atoms with van der Waals surface area (Å²) < 4.78 is 29.0. The number of amides is 4. The van der Waals surface area contributed by atoms with E-state index in [1.807, 2.05) is 86.0 Å². The number of nitrogen functional groups attached to an aromatic ring is 1. The van der Waals surface area contributed by atoms with E-state index in [9.17, 15) is 27.9 Å². The zero-order chi connectivity index (χ0) is 38.4. The fourth-order valence-corrected chi connectivity index (χ4v) is 8.95. The van der Waals surface area contributed by atoms with Gasteiger partial charge in [0.2, 0.25) is 15.9 Å². The molecule has 1 saturated heterocycles. The lowest BCUT2D eigenvalue weighted by molar-refractivity contribution is -0.129. The molecule has 4 aromatic rings. The van der Waals surface area contributed by atoms with Crippen molar-refractivity contribution in [1.82, 2.24) is 19.4 Å². The van der Waals surface area contributed by atoms with Crippen molar-refractivity contribution in [3.8, 4) is 10.4 Å². The first-order valence-corrected chi connectivity index (χ1v) is 20.2. The van der Waals surface area contributed by atoms with Gasteiger partial charge in [-0.3, -0.25) is 14.5 Å². The molecule has 0 unspecified atom stereocenters. The topological polar surface area (TPSA) is 153 Å². The van der Waals surface area contributed by atoms with Gasteiger partial charge in [-0.15, -0.1) is 11.3 Å². The van der Waals surface area contributed by atoms with Crippen molar-refractivity contribution in [3.63, 3.8) is 0 Å². The van der Waals surface area contributed by atoms with Crippen molar-refractivity contribution < 1.29 is 27.9 Å². The molecule has 3 atom stereocenters. The van der Waals surface area contributed by atoms with E-state index in [4.69, 9.17) is 17.3 Å². The number of halogens is 1. The summed E-state index contributed by atoms with van der Waals surface area (Å²) in [6.45, 7) is 6.80. The maximum absolute atomic E-state index is 14.2. The van der Waals surface area contributed by atoms with Gasteiger partial charge in [-0.1, -0.05) is 93.9 Å². The van der Waals surface area contributed by atoms with Crippen molar-refractivity contribution in [2.24, 2.45) is 11.8 Å². The van der Waals surface area contributed by atoms with Gasteiger partial charge >= 0.3 is 6.03 Å². The van der Waals surface area contributed by atoms with E-state index >= 15 is 0 Å². The lowest BCUT2D eigenvalue weighted by atomic mass is 9.97. The van der Waals surface area contributed by atoms with E-state index in [1.165, 1.54) is 27.4 Å². The molecule has 53 heavy (non-hydrogen) atoms. The van der Waals surface area contributed by atoms with Gasteiger partial charge in [0.05, 0.1) is 34.3 Å². The van der Waals surface area contributed by atoms with Crippen LogP contribution in [0.1, 0.15) is 38.8 Å². The molecule has 4 amide bonds. The molecule has 1 aliphatic heterocycles. The average molecular weight is 780 g/mol. The number of nitrogens with one attached hydrogen (secondary N) is 1. The highest BCUT2D eigenvalue weighted by Crippen LogP contribution is 2.28. The number of urea groups is 1. The number of nitrogens with two attached hydrogens (primary N) is 1. The van der Waals surface area contributed by atoms with Gasteiger partial charge in [0.25, 0.3) is 5.91 Å². The Morgan fingerprint density at radius 1 is 0.962 bits per heavy atom. The minimum Gasteiger partial charge on any atom is -0.397 e. The third kappa shape index (κ3) is 9.64. The number of anilines is 1. The normalized spacial score (nSPS) is 15.4. The molecule has 2 heterocycles. The maximum atomic E-state index is 14.2. The fourth-order valence-electron chi connectivity index (χ4n) is 6.45. The van der Waals surface area contributed by atoms with Crippen LogP contribution >= 0.6 is 22.9 Å². The number of imide groups is 1. The molecule has 1 aromatic heterocycles. The fraction of sp³-hybridized carbons (Fsp3) is 0.359.